The third-order valence-electron chi connectivity index (χ3n) is 3.35. The molecule has 1 aromatic heterocycles. The van der Waals surface area contributed by atoms with Crippen LogP contribution in [0.4, 0.5) is 11.6 Å². The average Bonchev–Trinajstić information content (AvgIpc) is 2.66. The smallest absolute Gasteiger partial charge is 0.171 e. The van der Waals surface area contributed by atoms with Crippen molar-refractivity contribution in [1.29, 1.82) is 5.26 Å². The lowest BCUT2D eigenvalue weighted by molar-refractivity contribution is 0.153. The first-order valence-corrected chi connectivity index (χ1v) is 6.56. The SMILES string of the molecule is CC(C)(C)n1nc(N2CCCC(O)C2)c(C#N)c1N. The van der Waals surface area contributed by atoms with Crippen LogP contribution in [-0.2, 0) is 5.54 Å². The second kappa shape index (κ2) is 4.74. The Morgan fingerprint density at radius 1 is 1.47 bits per heavy atom. The van der Waals surface area contributed by atoms with Crippen molar-refractivity contribution in [3.05, 3.63) is 5.56 Å². The van der Waals surface area contributed by atoms with Gasteiger partial charge < -0.3 is 15.7 Å². The molecule has 1 aliphatic rings. The van der Waals surface area contributed by atoms with E-state index in [-0.39, 0.29) is 11.6 Å². The van der Waals surface area contributed by atoms with Crippen molar-refractivity contribution in [2.24, 2.45) is 0 Å². The highest BCUT2D eigenvalue weighted by atomic mass is 16.3. The van der Waals surface area contributed by atoms with Gasteiger partial charge >= 0.3 is 0 Å². The Morgan fingerprint density at radius 2 is 2.16 bits per heavy atom. The van der Waals surface area contributed by atoms with Crippen molar-refractivity contribution in [1.82, 2.24) is 9.78 Å². The van der Waals surface area contributed by atoms with Crippen LogP contribution in [0.5, 0.6) is 0 Å². The maximum absolute atomic E-state index is 9.75. The van der Waals surface area contributed by atoms with E-state index in [1.165, 1.54) is 0 Å². The van der Waals surface area contributed by atoms with E-state index in [9.17, 15) is 10.4 Å². The number of hydrogen-bond donors (Lipinski definition) is 2. The molecular formula is C13H21N5O. The Balaban J connectivity index is 2.43. The quantitative estimate of drug-likeness (QED) is 0.790. The summed E-state index contributed by atoms with van der Waals surface area (Å²) in [6.45, 7) is 7.28. The van der Waals surface area contributed by atoms with Crippen LogP contribution in [0.1, 0.15) is 39.2 Å². The summed E-state index contributed by atoms with van der Waals surface area (Å²) in [5, 5.41) is 23.5. The Kier molecular flexibility index (Phi) is 3.42. The second-order valence-electron chi connectivity index (χ2n) is 6.02. The monoisotopic (exact) mass is 263 g/mol. The number of hydrogen-bond acceptors (Lipinski definition) is 5. The molecule has 0 aliphatic carbocycles. The Bertz CT molecular complexity index is 508. The molecule has 0 aromatic carbocycles. The number of piperidine rings is 1. The molecule has 0 saturated carbocycles. The van der Waals surface area contributed by atoms with E-state index >= 15 is 0 Å². The molecule has 1 atom stereocenters. The Labute approximate surface area is 113 Å². The fourth-order valence-corrected chi connectivity index (χ4v) is 2.41. The van der Waals surface area contributed by atoms with E-state index in [2.05, 4.69) is 11.2 Å². The summed E-state index contributed by atoms with van der Waals surface area (Å²) in [5.74, 6) is 0.985. The molecule has 0 bridgehead atoms. The molecule has 6 heteroatoms. The normalized spacial score (nSPS) is 20.4. The second-order valence-corrected chi connectivity index (χ2v) is 6.02. The molecule has 104 valence electrons. The van der Waals surface area contributed by atoms with Gasteiger partial charge in [-0.2, -0.15) is 10.4 Å². The minimum Gasteiger partial charge on any atom is -0.391 e. The summed E-state index contributed by atoms with van der Waals surface area (Å²) in [7, 11) is 0. The highest BCUT2D eigenvalue weighted by molar-refractivity contribution is 5.65. The van der Waals surface area contributed by atoms with E-state index in [1.54, 1.807) is 4.68 Å². The maximum atomic E-state index is 9.75. The lowest BCUT2D eigenvalue weighted by Crippen LogP contribution is -2.39. The van der Waals surface area contributed by atoms with E-state index < -0.39 is 0 Å². The summed E-state index contributed by atoms with van der Waals surface area (Å²) < 4.78 is 1.68. The van der Waals surface area contributed by atoms with Crippen LogP contribution in [-0.4, -0.2) is 34.1 Å². The van der Waals surface area contributed by atoms with Gasteiger partial charge in [0.2, 0.25) is 0 Å². The molecule has 2 heterocycles. The molecule has 1 unspecified atom stereocenters. The number of rotatable bonds is 1. The van der Waals surface area contributed by atoms with Gasteiger partial charge in [0.1, 0.15) is 17.5 Å². The van der Waals surface area contributed by atoms with Crippen LogP contribution in [0.2, 0.25) is 0 Å². The largest absolute Gasteiger partial charge is 0.391 e. The lowest BCUT2D eigenvalue weighted by Gasteiger charge is -2.30. The Morgan fingerprint density at radius 3 is 2.68 bits per heavy atom. The van der Waals surface area contributed by atoms with Gasteiger partial charge in [0.15, 0.2) is 5.82 Å². The van der Waals surface area contributed by atoms with E-state index in [1.807, 2.05) is 25.7 Å². The van der Waals surface area contributed by atoms with Gasteiger partial charge in [-0.15, -0.1) is 0 Å². The number of aliphatic hydroxyl groups is 1. The fraction of sp³-hybridized carbons (Fsp3) is 0.692. The van der Waals surface area contributed by atoms with Crippen LogP contribution in [0.15, 0.2) is 0 Å². The van der Waals surface area contributed by atoms with Gasteiger partial charge in [0, 0.05) is 13.1 Å². The van der Waals surface area contributed by atoms with Crippen LogP contribution < -0.4 is 10.6 Å². The number of aromatic nitrogens is 2. The highest BCUT2D eigenvalue weighted by Gasteiger charge is 2.28. The first kappa shape index (κ1) is 13.7. The Hall–Kier alpha value is -1.74. The molecule has 0 spiro atoms. The number of anilines is 2. The van der Waals surface area contributed by atoms with Crippen molar-refractivity contribution in [3.63, 3.8) is 0 Å². The predicted octanol–water partition coefficient (Wildman–Crippen LogP) is 1.05. The van der Waals surface area contributed by atoms with Crippen LogP contribution >= 0.6 is 0 Å². The number of nitrogen functional groups attached to an aromatic ring is 1. The molecule has 1 saturated heterocycles. The maximum Gasteiger partial charge on any atom is 0.171 e. The molecule has 0 amide bonds. The van der Waals surface area contributed by atoms with Gasteiger partial charge in [-0.1, -0.05) is 0 Å². The van der Waals surface area contributed by atoms with Crippen molar-refractivity contribution in [2.45, 2.75) is 45.3 Å². The summed E-state index contributed by atoms with van der Waals surface area (Å²) in [5.41, 5.74) is 6.16. The van der Waals surface area contributed by atoms with E-state index in [0.29, 0.717) is 23.7 Å². The minimum absolute atomic E-state index is 0.275. The van der Waals surface area contributed by atoms with Gasteiger partial charge in [-0.3, -0.25) is 0 Å². The van der Waals surface area contributed by atoms with Crippen molar-refractivity contribution >= 4 is 11.6 Å². The summed E-state index contributed by atoms with van der Waals surface area (Å²) in [6.07, 6.45) is 1.34. The van der Waals surface area contributed by atoms with Gasteiger partial charge in [-0.25, -0.2) is 4.68 Å². The zero-order chi connectivity index (χ0) is 14.2. The van der Waals surface area contributed by atoms with Crippen molar-refractivity contribution in [3.8, 4) is 6.07 Å². The average molecular weight is 263 g/mol. The molecule has 1 fully saturated rings. The molecule has 6 nitrogen and oxygen atoms in total. The number of aliphatic hydroxyl groups excluding tert-OH is 1. The number of nitrogens with two attached hydrogens (primary N) is 1. The van der Waals surface area contributed by atoms with Crippen LogP contribution in [0, 0.1) is 11.3 Å². The lowest BCUT2D eigenvalue weighted by atomic mass is 10.1. The van der Waals surface area contributed by atoms with E-state index in [4.69, 9.17) is 5.73 Å². The highest BCUT2D eigenvalue weighted by Crippen LogP contribution is 2.30. The summed E-state index contributed by atoms with van der Waals surface area (Å²) in [4.78, 5) is 1.95. The summed E-state index contributed by atoms with van der Waals surface area (Å²) >= 11 is 0. The van der Waals surface area contributed by atoms with E-state index in [0.717, 1.165) is 19.4 Å². The molecule has 19 heavy (non-hydrogen) atoms. The topological polar surface area (TPSA) is 91.1 Å². The predicted molar refractivity (Wildman–Crippen MR) is 73.8 cm³/mol. The summed E-state index contributed by atoms with van der Waals surface area (Å²) in [6, 6.07) is 2.14. The number of β-amino-alcohol motifs (C(OH)–C–C–N with tert-alkyl or cyclic N) is 1. The zero-order valence-electron chi connectivity index (χ0n) is 11.7. The third kappa shape index (κ3) is 2.51. The first-order chi connectivity index (χ1) is 8.84. The van der Waals surface area contributed by atoms with Gasteiger partial charge in [0.25, 0.3) is 0 Å². The number of nitrogens with zero attached hydrogens (tertiary/aromatic N) is 4. The number of nitriles is 1. The standard InChI is InChI=1S/C13H21N5O/c1-13(2,3)18-11(15)10(7-14)12(16-18)17-6-4-5-9(19)8-17/h9,19H,4-6,8,15H2,1-3H3. The van der Waals surface area contributed by atoms with Crippen molar-refractivity contribution in [2.75, 3.05) is 23.7 Å². The van der Waals surface area contributed by atoms with Crippen LogP contribution in [0.3, 0.4) is 0 Å². The minimum atomic E-state index is -0.360. The zero-order valence-corrected chi connectivity index (χ0v) is 11.7. The van der Waals surface area contributed by atoms with Gasteiger partial charge in [-0.05, 0) is 33.6 Å². The fourth-order valence-electron chi connectivity index (χ4n) is 2.41. The van der Waals surface area contributed by atoms with Gasteiger partial charge in [0.05, 0.1) is 11.6 Å². The van der Waals surface area contributed by atoms with Crippen LogP contribution in [0.25, 0.3) is 0 Å². The molecular weight excluding hydrogens is 242 g/mol. The molecule has 1 aromatic rings. The van der Waals surface area contributed by atoms with Crippen molar-refractivity contribution < 1.29 is 5.11 Å². The molecule has 3 N–H and O–H groups in total. The third-order valence-corrected chi connectivity index (χ3v) is 3.35. The molecule has 2 rings (SSSR count). The first-order valence-electron chi connectivity index (χ1n) is 6.56. The molecule has 0 radical (unpaired) electrons. The molecule has 1 aliphatic heterocycles.